The number of rotatable bonds is 7. The number of carbonyl (C=O) groups excluding carboxylic acids is 1. The summed E-state index contributed by atoms with van der Waals surface area (Å²) in [6.45, 7) is 11.8. The van der Waals surface area contributed by atoms with Crippen LogP contribution in [0.2, 0.25) is 0 Å². The van der Waals surface area contributed by atoms with Gasteiger partial charge in [-0.3, -0.25) is 9.69 Å². The molecule has 3 aromatic rings. The molecule has 0 aromatic heterocycles. The predicted octanol–water partition coefficient (Wildman–Crippen LogP) is 5.55. The van der Waals surface area contributed by atoms with Crippen LogP contribution >= 0.6 is 0 Å². The smallest absolute Gasteiger partial charge is 0.223 e. The van der Waals surface area contributed by atoms with Gasteiger partial charge in [0.1, 0.15) is 11.4 Å². The minimum Gasteiger partial charge on any atom is -0.485 e. The minimum atomic E-state index is -0.272. The van der Waals surface area contributed by atoms with Crippen LogP contribution in [0.3, 0.4) is 0 Å². The number of nitrogen functional groups attached to an aromatic ring is 1. The zero-order chi connectivity index (χ0) is 26.9. The number of piperidine rings is 1. The van der Waals surface area contributed by atoms with Crippen LogP contribution in [0.25, 0.3) is 0 Å². The summed E-state index contributed by atoms with van der Waals surface area (Å²) in [5.74, 6) is 1.40. The van der Waals surface area contributed by atoms with Gasteiger partial charge in [-0.2, -0.15) is 0 Å². The predicted molar refractivity (Wildman–Crippen MR) is 155 cm³/mol. The van der Waals surface area contributed by atoms with Crippen molar-refractivity contribution in [1.29, 1.82) is 0 Å². The molecule has 0 radical (unpaired) electrons. The number of hydrogen-bond donors (Lipinski definition) is 2. The summed E-state index contributed by atoms with van der Waals surface area (Å²) in [4.78, 5) is 15.7. The van der Waals surface area contributed by atoms with Gasteiger partial charge in [-0.1, -0.05) is 60.7 Å². The molecule has 0 bridgehead atoms. The van der Waals surface area contributed by atoms with Crippen molar-refractivity contribution in [2.24, 2.45) is 5.92 Å². The molecule has 1 unspecified atom stereocenters. The van der Waals surface area contributed by atoms with Crippen molar-refractivity contribution in [3.05, 3.63) is 94.0 Å². The molecule has 0 saturated carbocycles. The highest BCUT2D eigenvalue weighted by atomic mass is 16.5. The number of hydrogen-bond acceptors (Lipinski definition) is 4. The summed E-state index contributed by atoms with van der Waals surface area (Å²) in [5, 5.41) is 3.29. The second-order valence-electron chi connectivity index (χ2n) is 11.5. The standard InChI is InChI=1S/C33H41N3O2/c1-22-23(2)31-28(24(3)30(22)34)19-33(4,38-31)21-36-17-15-27(16-18-36)32(37)35-20-29(25-11-7-5-8-12-25)26-13-9-6-10-14-26/h5-14,27,29H,15-21,34H2,1-4H3,(H,35,37). The topological polar surface area (TPSA) is 67.6 Å². The first-order valence-corrected chi connectivity index (χ1v) is 13.9. The maximum absolute atomic E-state index is 13.2. The summed E-state index contributed by atoms with van der Waals surface area (Å²) in [6.07, 6.45) is 2.63. The van der Waals surface area contributed by atoms with E-state index in [9.17, 15) is 4.79 Å². The number of amides is 1. The number of benzene rings is 3. The number of anilines is 1. The highest BCUT2D eigenvalue weighted by molar-refractivity contribution is 5.79. The van der Waals surface area contributed by atoms with E-state index < -0.39 is 0 Å². The van der Waals surface area contributed by atoms with E-state index >= 15 is 0 Å². The van der Waals surface area contributed by atoms with Crippen LogP contribution in [0.4, 0.5) is 5.69 Å². The average molecular weight is 512 g/mol. The Kier molecular flexibility index (Phi) is 7.49. The molecule has 0 spiro atoms. The van der Waals surface area contributed by atoms with Crippen molar-refractivity contribution in [1.82, 2.24) is 10.2 Å². The van der Waals surface area contributed by atoms with Gasteiger partial charge in [0, 0.05) is 42.6 Å². The van der Waals surface area contributed by atoms with Gasteiger partial charge in [0.05, 0.1) is 0 Å². The molecule has 2 aliphatic heterocycles. The number of nitrogens with one attached hydrogen (secondary N) is 1. The lowest BCUT2D eigenvalue weighted by molar-refractivity contribution is -0.126. The van der Waals surface area contributed by atoms with Crippen molar-refractivity contribution < 1.29 is 9.53 Å². The van der Waals surface area contributed by atoms with E-state index in [2.05, 4.69) is 86.4 Å². The number of fused-ring (bicyclic) bond motifs is 1. The summed E-state index contributed by atoms with van der Waals surface area (Å²) < 4.78 is 6.59. The van der Waals surface area contributed by atoms with E-state index in [0.717, 1.165) is 67.0 Å². The minimum absolute atomic E-state index is 0.0554. The van der Waals surface area contributed by atoms with Crippen LogP contribution < -0.4 is 15.8 Å². The number of carbonyl (C=O) groups is 1. The Hall–Kier alpha value is -3.31. The number of nitrogens with zero attached hydrogens (tertiary/aromatic N) is 1. The Bertz CT molecular complexity index is 1200. The molecular formula is C33H41N3O2. The molecule has 3 aromatic carbocycles. The van der Waals surface area contributed by atoms with Crippen molar-refractivity contribution in [2.45, 2.75) is 58.5 Å². The first-order chi connectivity index (χ1) is 18.3. The van der Waals surface area contributed by atoms with Crippen LogP contribution in [0, 0.1) is 26.7 Å². The van der Waals surface area contributed by atoms with Gasteiger partial charge < -0.3 is 15.8 Å². The fraction of sp³-hybridized carbons (Fsp3) is 0.424. The second kappa shape index (κ2) is 10.8. The van der Waals surface area contributed by atoms with Crippen LogP contribution in [-0.4, -0.2) is 42.6 Å². The molecule has 3 N–H and O–H groups in total. The monoisotopic (exact) mass is 511 g/mol. The maximum atomic E-state index is 13.2. The lowest BCUT2D eigenvalue weighted by atomic mass is 9.89. The third kappa shape index (κ3) is 5.30. The van der Waals surface area contributed by atoms with E-state index in [1.807, 2.05) is 12.1 Å². The lowest BCUT2D eigenvalue weighted by Gasteiger charge is -2.36. The zero-order valence-corrected chi connectivity index (χ0v) is 23.2. The molecule has 1 saturated heterocycles. The number of nitrogens with two attached hydrogens (primary N) is 1. The molecular weight excluding hydrogens is 470 g/mol. The molecule has 2 heterocycles. The van der Waals surface area contributed by atoms with Crippen LogP contribution in [0.1, 0.15) is 59.1 Å². The van der Waals surface area contributed by atoms with Crippen molar-refractivity contribution in [2.75, 3.05) is 31.9 Å². The second-order valence-corrected chi connectivity index (χ2v) is 11.5. The largest absolute Gasteiger partial charge is 0.485 e. The molecule has 1 fully saturated rings. The van der Waals surface area contributed by atoms with Gasteiger partial charge in [-0.25, -0.2) is 0 Å². The molecule has 2 aliphatic rings. The van der Waals surface area contributed by atoms with Gasteiger partial charge >= 0.3 is 0 Å². The third-order valence-electron chi connectivity index (χ3n) is 8.74. The third-order valence-corrected chi connectivity index (χ3v) is 8.74. The van der Waals surface area contributed by atoms with Crippen molar-refractivity contribution in [3.63, 3.8) is 0 Å². The van der Waals surface area contributed by atoms with E-state index in [-0.39, 0.29) is 23.3 Å². The molecule has 5 nitrogen and oxygen atoms in total. The van der Waals surface area contributed by atoms with Crippen LogP contribution in [0.15, 0.2) is 60.7 Å². The molecule has 200 valence electrons. The van der Waals surface area contributed by atoms with Gasteiger partial charge in [-0.05, 0) is 81.4 Å². The molecule has 1 atom stereocenters. The SMILES string of the molecule is Cc1c(C)c2c(c(C)c1N)CC(C)(CN1CCC(C(=O)NCC(c3ccccc3)c3ccccc3)CC1)O2. The van der Waals surface area contributed by atoms with Crippen LogP contribution in [0.5, 0.6) is 5.75 Å². The first kappa shape index (κ1) is 26.3. The normalized spacial score (nSPS) is 19.8. The molecule has 5 heteroatoms. The molecule has 5 rings (SSSR count). The maximum Gasteiger partial charge on any atom is 0.223 e. The molecule has 0 aliphatic carbocycles. The lowest BCUT2D eigenvalue weighted by Crippen LogP contribution is -2.48. The van der Waals surface area contributed by atoms with Gasteiger partial charge in [0.2, 0.25) is 5.91 Å². The van der Waals surface area contributed by atoms with Gasteiger partial charge in [-0.15, -0.1) is 0 Å². The van der Waals surface area contributed by atoms with Gasteiger partial charge in [0.15, 0.2) is 0 Å². The Morgan fingerprint density at radius 2 is 1.55 bits per heavy atom. The fourth-order valence-corrected chi connectivity index (χ4v) is 6.28. The molecule has 38 heavy (non-hydrogen) atoms. The van der Waals surface area contributed by atoms with E-state index in [1.165, 1.54) is 16.7 Å². The van der Waals surface area contributed by atoms with E-state index in [0.29, 0.717) is 6.54 Å². The van der Waals surface area contributed by atoms with Crippen molar-refractivity contribution >= 4 is 11.6 Å². The quantitative estimate of drug-likeness (QED) is 0.408. The Morgan fingerprint density at radius 3 is 2.13 bits per heavy atom. The highest BCUT2D eigenvalue weighted by Crippen LogP contribution is 2.44. The summed E-state index contributed by atoms with van der Waals surface area (Å²) in [6, 6.07) is 20.9. The highest BCUT2D eigenvalue weighted by Gasteiger charge is 2.40. The van der Waals surface area contributed by atoms with E-state index in [4.69, 9.17) is 10.5 Å². The van der Waals surface area contributed by atoms with Crippen molar-refractivity contribution in [3.8, 4) is 5.75 Å². The summed E-state index contributed by atoms with van der Waals surface area (Å²) >= 11 is 0. The Labute approximate surface area is 227 Å². The number of likely N-dealkylation sites (tertiary alicyclic amines) is 1. The first-order valence-electron chi connectivity index (χ1n) is 13.9. The summed E-state index contributed by atoms with van der Waals surface area (Å²) in [7, 11) is 0. The zero-order valence-electron chi connectivity index (χ0n) is 23.2. The average Bonchev–Trinajstić information content (AvgIpc) is 3.29. The Balaban J connectivity index is 1.16. The fourth-order valence-electron chi connectivity index (χ4n) is 6.28. The number of ether oxygens (including phenoxy) is 1. The Morgan fingerprint density at radius 1 is 0.974 bits per heavy atom. The van der Waals surface area contributed by atoms with Gasteiger partial charge in [0.25, 0.3) is 0 Å². The van der Waals surface area contributed by atoms with E-state index in [1.54, 1.807) is 0 Å². The summed E-state index contributed by atoms with van der Waals surface area (Å²) in [5.41, 5.74) is 14.1. The van der Waals surface area contributed by atoms with Crippen LogP contribution in [-0.2, 0) is 11.2 Å². The molecule has 1 amide bonds.